The molecule has 3 nitrogen and oxygen atoms in total. The number of hydrogen-bond donors (Lipinski definition) is 2. The van der Waals surface area contributed by atoms with E-state index in [1.807, 2.05) is 24.3 Å². The molecule has 2 heterocycles. The van der Waals surface area contributed by atoms with Gasteiger partial charge in [-0.1, -0.05) is 88.4 Å². The summed E-state index contributed by atoms with van der Waals surface area (Å²) in [5.41, 5.74) is 9.62. The second-order valence-corrected chi connectivity index (χ2v) is 9.97. The van der Waals surface area contributed by atoms with Crippen molar-refractivity contribution < 1.29 is 4.79 Å². The Kier molecular flexibility index (Phi) is 3.72. The number of ketones is 1. The smallest absolute Gasteiger partial charge is 0.197 e. The number of carbonyl (C=O) groups excluding carboxylic acids is 1. The molecule has 0 unspecified atom stereocenters. The number of rotatable bonds is 0. The van der Waals surface area contributed by atoms with Gasteiger partial charge in [-0.3, -0.25) is 4.79 Å². The van der Waals surface area contributed by atoms with Crippen LogP contribution in [-0.2, 0) is 15.6 Å². The number of carbonyl (C=O) groups is 1. The number of fused-ring (bicyclic) bond motifs is 3. The summed E-state index contributed by atoms with van der Waals surface area (Å²) in [7, 11) is 0. The van der Waals surface area contributed by atoms with E-state index in [2.05, 4.69) is 86.9 Å². The van der Waals surface area contributed by atoms with Crippen LogP contribution in [-0.4, -0.2) is 5.78 Å². The maximum Gasteiger partial charge on any atom is 0.197 e. The predicted octanol–water partition coefficient (Wildman–Crippen LogP) is 6.50. The van der Waals surface area contributed by atoms with E-state index >= 15 is 0 Å². The number of Topliss-reactive ketones (excluding diaryl/α,β-unsaturated/α-hetero) is 1. The SMILES string of the molecule is CC1(C)/C(=C2\C(=O)/C(=C3/Nc4ccccc4C3(C)C)c3ccccc32)Nc2ccccc21. The van der Waals surface area contributed by atoms with Gasteiger partial charge in [-0.05, 0) is 34.4 Å². The molecule has 1 aliphatic carbocycles. The summed E-state index contributed by atoms with van der Waals surface area (Å²) in [5, 5.41) is 7.21. The Morgan fingerprint density at radius 2 is 0.938 bits per heavy atom. The van der Waals surface area contributed by atoms with Crippen LogP contribution in [0.2, 0.25) is 0 Å². The zero-order valence-electron chi connectivity index (χ0n) is 18.8. The quantitative estimate of drug-likeness (QED) is 0.410. The van der Waals surface area contributed by atoms with Gasteiger partial charge in [0.1, 0.15) is 0 Å². The third kappa shape index (κ3) is 2.34. The number of benzene rings is 3. The van der Waals surface area contributed by atoms with Crippen LogP contribution in [0, 0.1) is 0 Å². The molecule has 3 heteroatoms. The average Bonchev–Trinajstić information content (AvgIpc) is 3.32. The predicted molar refractivity (Wildman–Crippen MR) is 131 cm³/mol. The molecular formula is C29H26N2O. The maximum atomic E-state index is 14.2. The van der Waals surface area contributed by atoms with Crippen molar-refractivity contribution in [2.75, 3.05) is 10.6 Å². The molecule has 32 heavy (non-hydrogen) atoms. The minimum Gasteiger partial charge on any atom is -0.357 e. The van der Waals surface area contributed by atoms with Crippen molar-refractivity contribution in [3.63, 3.8) is 0 Å². The van der Waals surface area contributed by atoms with Gasteiger partial charge in [0.2, 0.25) is 0 Å². The van der Waals surface area contributed by atoms with Crippen molar-refractivity contribution >= 4 is 28.3 Å². The number of anilines is 2. The van der Waals surface area contributed by atoms with Crippen LogP contribution < -0.4 is 10.6 Å². The van der Waals surface area contributed by atoms with Crippen molar-refractivity contribution in [1.29, 1.82) is 0 Å². The van der Waals surface area contributed by atoms with Gasteiger partial charge in [0, 0.05) is 33.6 Å². The molecule has 0 amide bonds. The van der Waals surface area contributed by atoms with E-state index in [1.165, 1.54) is 11.1 Å². The lowest BCUT2D eigenvalue weighted by Gasteiger charge is -2.23. The van der Waals surface area contributed by atoms with E-state index in [0.717, 1.165) is 45.0 Å². The van der Waals surface area contributed by atoms with Crippen LogP contribution in [0.4, 0.5) is 11.4 Å². The van der Waals surface area contributed by atoms with Crippen molar-refractivity contribution in [3.8, 4) is 0 Å². The normalized spacial score (nSPS) is 23.9. The number of para-hydroxylation sites is 2. The molecule has 0 radical (unpaired) electrons. The highest BCUT2D eigenvalue weighted by Crippen LogP contribution is 2.53. The number of hydrogen-bond acceptors (Lipinski definition) is 3. The lowest BCUT2D eigenvalue weighted by atomic mass is 9.80. The molecule has 0 aromatic heterocycles. The fraction of sp³-hybridized carbons (Fsp3) is 0.207. The van der Waals surface area contributed by atoms with Gasteiger partial charge in [0.25, 0.3) is 0 Å². The first kappa shape index (κ1) is 19.1. The molecule has 0 bridgehead atoms. The van der Waals surface area contributed by atoms with Crippen LogP contribution in [0.25, 0.3) is 11.1 Å². The van der Waals surface area contributed by atoms with Crippen LogP contribution in [0.3, 0.4) is 0 Å². The fourth-order valence-corrected chi connectivity index (χ4v) is 5.66. The Labute approximate surface area is 188 Å². The first-order valence-corrected chi connectivity index (χ1v) is 11.2. The first-order chi connectivity index (χ1) is 15.3. The molecule has 0 saturated carbocycles. The molecule has 0 saturated heterocycles. The van der Waals surface area contributed by atoms with Gasteiger partial charge in [-0.25, -0.2) is 0 Å². The zero-order chi connectivity index (χ0) is 22.3. The second kappa shape index (κ2) is 6.23. The Balaban J connectivity index is 1.62. The van der Waals surface area contributed by atoms with Crippen molar-refractivity contribution in [3.05, 3.63) is 106 Å². The zero-order valence-corrected chi connectivity index (χ0v) is 18.8. The average molecular weight is 419 g/mol. The van der Waals surface area contributed by atoms with Crippen LogP contribution >= 0.6 is 0 Å². The van der Waals surface area contributed by atoms with Gasteiger partial charge < -0.3 is 10.6 Å². The molecule has 3 aliphatic rings. The molecule has 2 aliphatic heterocycles. The topological polar surface area (TPSA) is 41.1 Å². The summed E-state index contributed by atoms with van der Waals surface area (Å²) in [6.07, 6.45) is 0. The van der Waals surface area contributed by atoms with Crippen LogP contribution in [0.5, 0.6) is 0 Å². The van der Waals surface area contributed by atoms with E-state index in [9.17, 15) is 4.79 Å². The van der Waals surface area contributed by atoms with E-state index in [1.54, 1.807) is 0 Å². The highest BCUT2D eigenvalue weighted by atomic mass is 16.1. The number of nitrogens with one attached hydrogen (secondary N) is 2. The molecule has 0 atom stereocenters. The standard InChI is InChI=1S/C29H26N2O/c1-28(2)19-13-7-9-15-21(19)30-26(28)23-17-11-5-6-12-18(17)24(25(23)32)27-29(3,4)20-14-8-10-16-22(20)31-27/h5-16,30-31H,1-4H3/b26-23+,27-24+. The summed E-state index contributed by atoms with van der Waals surface area (Å²) in [6, 6.07) is 24.9. The van der Waals surface area contributed by atoms with Gasteiger partial charge in [-0.2, -0.15) is 0 Å². The monoisotopic (exact) mass is 418 g/mol. The van der Waals surface area contributed by atoms with Crippen LogP contribution in [0.1, 0.15) is 49.9 Å². The minimum atomic E-state index is -0.281. The fourth-order valence-electron chi connectivity index (χ4n) is 5.66. The summed E-state index contributed by atoms with van der Waals surface area (Å²) < 4.78 is 0. The molecule has 2 N–H and O–H groups in total. The molecule has 158 valence electrons. The molecule has 3 aromatic rings. The Bertz CT molecular complexity index is 1280. The number of allylic oxidation sites excluding steroid dienone is 4. The summed E-state index contributed by atoms with van der Waals surface area (Å²) in [4.78, 5) is 14.2. The maximum absolute atomic E-state index is 14.2. The highest BCUT2D eigenvalue weighted by molar-refractivity contribution is 6.49. The van der Waals surface area contributed by atoms with Crippen molar-refractivity contribution in [2.45, 2.75) is 38.5 Å². The van der Waals surface area contributed by atoms with Crippen molar-refractivity contribution in [1.82, 2.24) is 0 Å². The highest BCUT2D eigenvalue weighted by Gasteiger charge is 2.46. The lowest BCUT2D eigenvalue weighted by Crippen LogP contribution is -2.22. The first-order valence-electron chi connectivity index (χ1n) is 11.2. The minimum absolute atomic E-state index is 0.0953. The van der Waals surface area contributed by atoms with Gasteiger partial charge in [-0.15, -0.1) is 0 Å². The van der Waals surface area contributed by atoms with Gasteiger partial charge >= 0.3 is 0 Å². The lowest BCUT2D eigenvalue weighted by molar-refractivity contribution is -0.108. The Hall–Kier alpha value is -3.59. The third-order valence-electron chi connectivity index (χ3n) is 7.39. The van der Waals surface area contributed by atoms with E-state index < -0.39 is 0 Å². The summed E-state index contributed by atoms with van der Waals surface area (Å²) >= 11 is 0. The molecule has 3 aromatic carbocycles. The molecule has 6 rings (SSSR count). The molecule has 0 fully saturated rings. The Morgan fingerprint density at radius 1 is 0.562 bits per heavy atom. The van der Waals surface area contributed by atoms with E-state index in [-0.39, 0.29) is 16.6 Å². The Morgan fingerprint density at radius 3 is 1.34 bits per heavy atom. The van der Waals surface area contributed by atoms with Gasteiger partial charge in [0.15, 0.2) is 5.78 Å². The molecular weight excluding hydrogens is 392 g/mol. The second-order valence-electron chi connectivity index (χ2n) is 9.97. The van der Waals surface area contributed by atoms with E-state index in [0.29, 0.717) is 0 Å². The van der Waals surface area contributed by atoms with E-state index in [4.69, 9.17) is 0 Å². The van der Waals surface area contributed by atoms with Crippen LogP contribution in [0.15, 0.2) is 84.2 Å². The van der Waals surface area contributed by atoms with Gasteiger partial charge in [0.05, 0.1) is 11.1 Å². The largest absolute Gasteiger partial charge is 0.357 e. The summed E-state index contributed by atoms with van der Waals surface area (Å²) in [5.74, 6) is 0.0953. The summed E-state index contributed by atoms with van der Waals surface area (Å²) in [6.45, 7) is 8.79. The third-order valence-corrected chi connectivity index (χ3v) is 7.39. The molecule has 0 spiro atoms. The van der Waals surface area contributed by atoms with Crippen molar-refractivity contribution in [2.24, 2.45) is 0 Å².